The highest BCUT2D eigenvalue weighted by Gasteiger charge is 2.13. The lowest BCUT2D eigenvalue weighted by atomic mass is 10.2. The number of nitrogens with one attached hydrogen (secondary N) is 1. The minimum atomic E-state index is -0.630. The zero-order valence-corrected chi connectivity index (χ0v) is 9.05. The van der Waals surface area contributed by atoms with Crippen molar-refractivity contribution in [3.05, 3.63) is 35.9 Å². The Labute approximate surface area is 94.0 Å². The monoisotopic (exact) mass is 221 g/mol. The highest BCUT2D eigenvalue weighted by Crippen LogP contribution is 2.03. The molecule has 0 aliphatic rings. The molecule has 1 rings (SSSR count). The van der Waals surface area contributed by atoms with Gasteiger partial charge in [0.25, 0.3) is 0 Å². The summed E-state index contributed by atoms with van der Waals surface area (Å²) < 4.78 is 0. The maximum Gasteiger partial charge on any atom is 0.242 e. The van der Waals surface area contributed by atoms with Crippen LogP contribution in [0.1, 0.15) is 18.9 Å². The average Bonchev–Trinajstić information content (AvgIpc) is 2.31. The largest absolute Gasteiger partial charge is 0.368 e. The fourth-order valence-corrected chi connectivity index (χ4v) is 1.28. The number of amidine groups is 1. The number of benzene rings is 1. The van der Waals surface area contributed by atoms with Crippen LogP contribution in [-0.4, -0.2) is 23.0 Å². The number of hydrogen-bond acceptors (Lipinski definition) is 3. The molecule has 0 bridgehead atoms. The van der Waals surface area contributed by atoms with E-state index in [-0.39, 0.29) is 5.84 Å². The van der Waals surface area contributed by atoms with E-state index in [9.17, 15) is 4.79 Å². The maximum absolute atomic E-state index is 11.0. The van der Waals surface area contributed by atoms with Gasteiger partial charge >= 0.3 is 0 Å². The first-order valence-corrected chi connectivity index (χ1v) is 5.01. The summed E-state index contributed by atoms with van der Waals surface area (Å²) >= 11 is 0. The van der Waals surface area contributed by atoms with Crippen LogP contribution in [-0.2, 0) is 4.79 Å². The van der Waals surface area contributed by atoms with Crippen LogP contribution >= 0.6 is 0 Å². The van der Waals surface area contributed by atoms with Crippen LogP contribution in [0.3, 0.4) is 0 Å². The Morgan fingerprint density at radius 2 is 2.12 bits per heavy atom. The van der Waals surface area contributed by atoms with Crippen LogP contribution < -0.4 is 11.2 Å². The van der Waals surface area contributed by atoms with Crippen molar-refractivity contribution in [2.75, 3.05) is 0 Å². The fourth-order valence-electron chi connectivity index (χ4n) is 1.28. The number of carbonyl (C=O) groups is 1. The third kappa shape index (κ3) is 3.06. The van der Waals surface area contributed by atoms with Crippen molar-refractivity contribution in [2.24, 2.45) is 10.7 Å². The summed E-state index contributed by atoms with van der Waals surface area (Å²) in [5.74, 6) is -0.266. The van der Waals surface area contributed by atoms with E-state index in [1.165, 1.54) is 0 Å². The van der Waals surface area contributed by atoms with Crippen molar-refractivity contribution in [3.63, 3.8) is 0 Å². The van der Waals surface area contributed by atoms with E-state index in [0.717, 1.165) is 0 Å². The van der Waals surface area contributed by atoms with Crippen molar-refractivity contribution < 1.29 is 10.0 Å². The summed E-state index contributed by atoms with van der Waals surface area (Å²) in [5.41, 5.74) is 7.85. The molecule has 4 N–H and O–H groups in total. The summed E-state index contributed by atoms with van der Waals surface area (Å²) in [4.78, 5) is 15.1. The lowest BCUT2D eigenvalue weighted by Gasteiger charge is -2.09. The van der Waals surface area contributed by atoms with Crippen LogP contribution in [0.4, 0.5) is 0 Å². The molecule has 0 spiro atoms. The molecule has 1 aromatic rings. The zero-order chi connectivity index (χ0) is 12.0. The number of rotatable bonds is 4. The van der Waals surface area contributed by atoms with E-state index in [0.29, 0.717) is 12.0 Å². The molecule has 0 aliphatic carbocycles. The highest BCUT2D eigenvalue weighted by atomic mass is 16.5. The van der Waals surface area contributed by atoms with Gasteiger partial charge in [0, 0.05) is 5.56 Å². The first kappa shape index (κ1) is 12.2. The van der Waals surface area contributed by atoms with Gasteiger partial charge < -0.3 is 5.73 Å². The predicted octanol–water partition coefficient (Wildman–Crippen LogP) is 0.676. The van der Waals surface area contributed by atoms with Crippen LogP contribution in [0.15, 0.2) is 35.3 Å². The molecule has 5 nitrogen and oxygen atoms in total. The Balaban J connectivity index is 2.98. The molecule has 86 valence electrons. The van der Waals surface area contributed by atoms with E-state index in [4.69, 9.17) is 10.9 Å². The first-order chi connectivity index (χ1) is 7.69. The zero-order valence-electron chi connectivity index (χ0n) is 9.05. The Bertz CT molecular complexity index is 376. The van der Waals surface area contributed by atoms with Crippen molar-refractivity contribution in [3.8, 4) is 0 Å². The first-order valence-electron chi connectivity index (χ1n) is 5.01. The molecule has 16 heavy (non-hydrogen) atoms. The predicted molar refractivity (Wildman–Crippen MR) is 61.2 cm³/mol. The molecule has 0 aliphatic heterocycles. The van der Waals surface area contributed by atoms with Crippen molar-refractivity contribution in [1.82, 2.24) is 5.48 Å². The smallest absolute Gasteiger partial charge is 0.242 e. The van der Waals surface area contributed by atoms with Gasteiger partial charge in [-0.25, -0.2) is 0 Å². The van der Waals surface area contributed by atoms with Gasteiger partial charge in [0.1, 0.15) is 6.04 Å². The molecule has 5 heteroatoms. The number of nitrogens with zero attached hydrogens (tertiary/aromatic N) is 1. The summed E-state index contributed by atoms with van der Waals surface area (Å²) in [5, 5.41) is 8.97. The van der Waals surface area contributed by atoms with Crippen molar-refractivity contribution >= 4 is 11.7 Å². The van der Waals surface area contributed by atoms with E-state index in [1.54, 1.807) is 19.1 Å². The van der Waals surface area contributed by atoms with E-state index in [1.807, 2.05) is 23.7 Å². The quantitative estimate of drug-likeness (QED) is 0.397. The molecule has 0 radical (unpaired) electrons. The van der Waals surface area contributed by atoms with Gasteiger partial charge in [0.05, 0.1) is 0 Å². The van der Waals surface area contributed by atoms with Gasteiger partial charge in [-0.15, -0.1) is 0 Å². The number of aliphatic imine (C=N–C) groups is 1. The molecule has 0 heterocycles. The fraction of sp³-hybridized carbons (Fsp3) is 0.273. The lowest BCUT2D eigenvalue weighted by molar-refractivity contribution is -0.119. The summed E-state index contributed by atoms with van der Waals surface area (Å²) in [6.45, 7) is 1.80. The summed E-state index contributed by atoms with van der Waals surface area (Å²) in [6.07, 6.45) is 0.493. The number of nitrogens with two attached hydrogens (primary N) is 1. The van der Waals surface area contributed by atoms with Crippen molar-refractivity contribution in [1.29, 1.82) is 0 Å². The molecule has 1 atom stereocenters. The van der Waals surface area contributed by atoms with E-state index < -0.39 is 11.9 Å². The second kappa shape index (κ2) is 5.87. The van der Waals surface area contributed by atoms with E-state index in [2.05, 4.69) is 4.99 Å². The number of hydrogen-bond donors (Lipinski definition) is 3. The summed E-state index contributed by atoms with van der Waals surface area (Å²) in [7, 11) is 0. The Morgan fingerprint density at radius 3 is 2.56 bits per heavy atom. The molecule has 0 saturated heterocycles. The van der Waals surface area contributed by atoms with Crippen LogP contribution in [0, 0.1) is 0 Å². The standard InChI is InChI=1S/C11H15N3O2/c1-2-9(10(12)15)13-11(14-16)8-6-4-3-5-7-8/h3-7,9,16H,2H2,1H3,(H2,12,15)(H,13,14). The minimum absolute atomic E-state index is 0.242. The molecule has 1 unspecified atom stereocenters. The van der Waals surface area contributed by atoms with Crippen LogP contribution in [0.5, 0.6) is 0 Å². The highest BCUT2D eigenvalue weighted by molar-refractivity contribution is 5.99. The van der Waals surface area contributed by atoms with Gasteiger partial charge in [0.15, 0.2) is 5.84 Å². The minimum Gasteiger partial charge on any atom is -0.368 e. The molecule has 1 aromatic carbocycles. The topological polar surface area (TPSA) is 87.7 Å². The van der Waals surface area contributed by atoms with Gasteiger partial charge in [0.2, 0.25) is 5.91 Å². The number of amides is 1. The van der Waals surface area contributed by atoms with Crippen LogP contribution in [0.2, 0.25) is 0 Å². The number of primary amides is 1. The van der Waals surface area contributed by atoms with E-state index >= 15 is 0 Å². The molecule has 0 aromatic heterocycles. The van der Waals surface area contributed by atoms with Crippen molar-refractivity contribution in [2.45, 2.75) is 19.4 Å². The van der Waals surface area contributed by atoms with Crippen LogP contribution in [0.25, 0.3) is 0 Å². The normalized spacial score (nSPS) is 13.2. The van der Waals surface area contributed by atoms with Gasteiger partial charge in [-0.05, 0) is 6.42 Å². The average molecular weight is 221 g/mol. The molecule has 1 amide bonds. The maximum atomic E-state index is 11.0. The number of hydroxylamine groups is 1. The molecule has 0 saturated carbocycles. The molecule has 0 fully saturated rings. The second-order valence-electron chi connectivity index (χ2n) is 3.28. The second-order valence-corrected chi connectivity index (χ2v) is 3.28. The molecular formula is C11H15N3O2. The SMILES string of the molecule is CCC(N=C(NO)c1ccccc1)C(N)=O. The Kier molecular flexibility index (Phi) is 4.47. The summed E-state index contributed by atoms with van der Waals surface area (Å²) in [6, 6.07) is 8.39. The van der Waals surface area contributed by atoms with Gasteiger partial charge in [-0.2, -0.15) is 0 Å². The lowest BCUT2D eigenvalue weighted by Crippen LogP contribution is -2.30. The van der Waals surface area contributed by atoms with Gasteiger partial charge in [-0.1, -0.05) is 37.3 Å². The Morgan fingerprint density at radius 1 is 1.50 bits per heavy atom. The van der Waals surface area contributed by atoms with Gasteiger partial charge in [-0.3, -0.25) is 20.5 Å². The third-order valence-corrected chi connectivity index (χ3v) is 2.15. The Hall–Kier alpha value is -1.88. The third-order valence-electron chi connectivity index (χ3n) is 2.15. The molecular weight excluding hydrogens is 206 g/mol. The number of carbonyl (C=O) groups excluding carboxylic acids is 1.